The number of hydrogen-bond acceptors (Lipinski definition) is 4. The number of phenolic OH excluding ortho intramolecular Hbond substituents is 1. The molecule has 5 rings (SSSR count). The number of rotatable bonds is 10. The van der Waals surface area contributed by atoms with Gasteiger partial charge in [0, 0.05) is 36.9 Å². The molecule has 0 bridgehead atoms. The van der Waals surface area contributed by atoms with Crippen molar-refractivity contribution in [2.45, 2.75) is 81.8 Å². The topological polar surface area (TPSA) is 72.8 Å². The Balaban J connectivity index is 1.19. The predicted octanol–water partition coefficient (Wildman–Crippen LogP) is 4.80. The Morgan fingerprint density at radius 2 is 1.89 bits per heavy atom. The second-order valence-corrected chi connectivity index (χ2v) is 11.6. The minimum absolute atomic E-state index is 0.0367. The van der Waals surface area contributed by atoms with Gasteiger partial charge in [-0.2, -0.15) is 0 Å². The summed E-state index contributed by atoms with van der Waals surface area (Å²) < 4.78 is 0. The van der Waals surface area contributed by atoms with Crippen LogP contribution < -0.4 is 5.32 Å². The highest BCUT2D eigenvalue weighted by Gasteiger charge is 2.52. The largest absolute Gasteiger partial charge is 0.508 e. The lowest BCUT2D eigenvalue weighted by Crippen LogP contribution is -2.61. The molecule has 2 aromatic carbocycles. The van der Waals surface area contributed by atoms with Crippen molar-refractivity contribution in [3.8, 4) is 5.75 Å². The molecule has 1 heterocycles. The molecule has 2 aliphatic carbocycles. The quantitative estimate of drug-likeness (QED) is 0.418. The predicted molar refractivity (Wildman–Crippen MR) is 143 cm³/mol. The SMILES string of the molecule is O=C(CCCCCc1ccccc1)N[C@@H]1CC(O)[C@@H]2CN(CC3CC3)CC[C@@]2(c2cccc(O)c2)C1. The molecule has 3 aliphatic rings. The standard InChI is InChI=1S/C31H42N2O3/c34-27-12-7-11-25(18-27)31-16-17-33(21-24-14-15-24)22-28(31)29(35)19-26(20-31)32-30(36)13-6-2-5-10-23-8-3-1-4-9-23/h1,3-4,7-9,11-12,18,24,26,28-29,34-35H,2,5-6,10,13-17,19-22H2,(H,32,36)/t26-,28+,29?,31+/m1/s1. The van der Waals surface area contributed by atoms with Crippen LogP contribution in [0.5, 0.6) is 5.75 Å². The smallest absolute Gasteiger partial charge is 0.220 e. The maximum Gasteiger partial charge on any atom is 0.220 e. The molecule has 3 fully saturated rings. The van der Waals surface area contributed by atoms with E-state index in [9.17, 15) is 15.0 Å². The van der Waals surface area contributed by atoms with Crippen LogP contribution >= 0.6 is 0 Å². The minimum Gasteiger partial charge on any atom is -0.508 e. The molecule has 3 N–H and O–H groups in total. The van der Waals surface area contributed by atoms with Crippen LogP contribution in [0.1, 0.15) is 68.9 Å². The normalized spacial score (nSPS) is 28.4. The number of aromatic hydroxyl groups is 1. The third-order valence-corrected chi connectivity index (χ3v) is 8.85. The molecule has 2 saturated carbocycles. The number of nitrogens with zero attached hydrogens (tertiary/aromatic N) is 1. The highest BCUT2D eigenvalue weighted by molar-refractivity contribution is 5.76. The van der Waals surface area contributed by atoms with E-state index in [0.717, 1.165) is 69.6 Å². The zero-order valence-electron chi connectivity index (χ0n) is 21.4. The molecule has 1 unspecified atom stereocenters. The van der Waals surface area contributed by atoms with Gasteiger partial charge in [0.1, 0.15) is 5.75 Å². The van der Waals surface area contributed by atoms with Crippen LogP contribution in [0.2, 0.25) is 0 Å². The first-order valence-electron chi connectivity index (χ1n) is 14.0. The van der Waals surface area contributed by atoms with Crippen molar-refractivity contribution in [3.63, 3.8) is 0 Å². The van der Waals surface area contributed by atoms with Gasteiger partial charge in [0.25, 0.3) is 0 Å². The molecule has 36 heavy (non-hydrogen) atoms. The number of hydrogen-bond donors (Lipinski definition) is 3. The third-order valence-electron chi connectivity index (χ3n) is 8.85. The Labute approximate surface area is 215 Å². The fourth-order valence-corrected chi connectivity index (χ4v) is 6.78. The number of nitrogens with one attached hydrogen (secondary N) is 1. The van der Waals surface area contributed by atoms with Gasteiger partial charge in [-0.15, -0.1) is 0 Å². The number of carbonyl (C=O) groups excluding carboxylic acids is 1. The zero-order valence-corrected chi connectivity index (χ0v) is 21.4. The van der Waals surface area contributed by atoms with E-state index in [1.165, 1.54) is 18.4 Å². The molecule has 0 radical (unpaired) electrons. The van der Waals surface area contributed by atoms with E-state index in [1.807, 2.05) is 18.2 Å². The average molecular weight is 491 g/mol. The molecule has 1 saturated heterocycles. The number of likely N-dealkylation sites (tertiary alicyclic amines) is 1. The summed E-state index contributed by atoms with van der Waals surface area (Å²) in [5.41, 5.74) is 2.25. The van der Waals surface area contributed by atoms with Gasteiger partial charge in [-0.05, 0) is 87.1 Å². The second kappa shape index (κ2) is 11.4. The number of carbonyl (C=O) groups is 1. The molecular weight excluding hydrogens is 448 g/mol. The molecule has 1 amide bonds. The van der Waals surface area contributed by atoms with Crippen molar-refractivity contribution in [1.82, 2.24) is 10.2 Å². The molecule has 5 heteroatoms. The van der Waals surface area contributed by atoms with E-state index < -0.39 is 6.10 Å². The van der Waals surface area contributed by atoms with Crippen molar-refractivity contribution in [2.24, 2.45) is 11.8 Å². The highest BCUT2D eigenvalue weighted by Crippen LogP contribution is 2.50. The van der Waals surface area contributed by atoms with Crippen molar-refractivity contribution in [2.75, 3.05) is 19.6 Å². The summed E-state index contributed by atoms with van der Waals surface area (Å²) in [7, 11) is 0. The zero-order chi connectivity index (χ0) is 25.0. The van der Waals surface area contributed by atoms with Gasteiger partial charge < -0.3 is 20.4 Å². The van der Waals surface area contributed by atoms with E-state index in [0.29, 0.717) is 12.8 Å². The summed E-state index contributed by atoms with van der Waals surface area (Å²) in [5, 5.41) is 24.9. The first-order chi connectivity index (χ1) is 17.5. The first-order valence-corrected chi connectivity index (χ1v) is 14.0. The lowest BCUT2D eigenvalue weighted by Gasteiger charge is -2.55. The molecule has 0 spiro atoms. The summed E-state index contributed by atoms with van der Waals surface area (Å²) >= 11 is 0. The summed E-state index contributed by atoms with van der Waals surface area (Å²) in [6.45, 7) is 3.05. The van der Waals surface area contributed by atoms with Crippen LogP contribution in [0, 0.1) is 11.8 Å². The van der Waals surface area contributed by atoms with Gasteiger partial charge in [-0.1, -0.05) is 48.9 Å². The number of phenols is 1. The van der Waals surface area contributed by atoms with Crippen molar-refractivity contribution < 1.29 is 15.0 Å². The van der Waals surface area contributed by atoms with Crippen molar-refractivity contribution in [3.05, 3.63) is 65.7 Å². The van der Waals surface area contributed by atoms with Crippen LogP contribution in [0.3, 0.4) is 0 Å². The number of fused-ring (bicyclic) bond motifs is 1. The number of benzene rings is 2. The number of piperidine rings is 1. The summed E-state index contributed by atoms with van der Waals surface area (Å²) in [5.74, 6) is 1.33. The van der Waals surface area contributed by atoms with Crippen molar-refractivity contribution in [1.29, 1.82) is 0 Å². The molecule has 1 aliphatic heterocycles. The molecule has 5 nitrogen and oxygen atoms in total. The second-order valence-electron chi connectivity index (χ2n) is 11.6. The van der Waals surface area contributed by atoms with Crippen LogP contribution in [0.15, 0.2) is 54.6 Å². The van der Waals surface area contributed by atoms with Crippen LogP contribution in [0.25, 0.3) is 0 Å². The van der Waals surface area contributed by atoms with Crippen LogP contribution in [-0.4, -0.2) is 52.8 Å². The van der Waals surface area contributed by atoms with E-state index >= 15 is 0 Å². The number of aliphatic hydroxyl groups excluding tert-OH is 1. The Hall–Kier alpha value is -2.37. The van der Waals surface area contributed by atoms with Gasteiger partial charge in [0.15, 0.2) is 0 Å². The first kappa shape index (κ1) is 25.3. The fraction of sp³-hybridized carbons (Fsp3) is 0.581. The molecular formula is C31H42N2O3. The third kappa shape index (κ3) is 6.12. The Bertz CT molecular complexity index is 1010. The van der Waals surface area contributed by atoms with E-state index in [4.69, 9.17) is 0 Å². The Kier molecular flexibility index (Phi) is 7.97. The van der Waals surface area contributed by atoms with E-state index in [1.54, 1.807) is 6.07 Å². The molecule has 4 atom stereocenters. The number of amides is 1. The lowest BCUT2D eigenvalue weighted by atomic mass is 9.57. The summed E-state index contributed by atoms with van der Waals surface area (Å²) in [4.78, 5) is 15.4. The van der Waals surface area contributed by atoms with Crippen molar-refractivity contribution >= 4 is 5.91 Å². The fourth-order valence-electron chi connectivity index (χ4n) is 6.78. The number of unbranched alkanes of at least 4 members (excludes halogenated alkanes) is 2. The van der Waals surface area contributed by atoms with Crippen LogP contribution in [-0.2, 0) is 16.6 Å². The maximum absolute atomic E-state index is 12.8. The number of aliphatic hydroxyl groups is 1. The molecule has 2 aromatic rings. The van der Waals surface area contributed by atoms with Gasteiger partial charge in [0.05, 0.1) is 6.10 Å². The summed E-state index contributed by atoms with van der Waals surface area (Å²) in [6, 6.07) is 18.1. The van der Waals surface area contributed by atoms with E-state index in [-0.39, 0.29) is 29.0 Å². The Morgan fingerprint density at radius 3 is 2.67 bits per heavy atom. The van der Waals surface area contributed by atoms with Gasteiger partial charge in [0.2, 0.25) is 5.91 Å². The molecule has 0 aromatic heterocycles. The van der Waals surface area contributed by atoms with Gasteiger partial charge in [-0.3, -0.25) is 4.79 Å². The average Bonchev–Trinajstić information content (AvgIpc) is 3.69. The minimum atomic E-state index is -0.459. The Morgan fingerprint density at radius 1 is 1.06 bits per heavy atom. The maximum atomic E-state index is 12.8. The monoisotopic (exact) mass is 490 g/mol. The lowest BCUT2D eigenvalue weighted by molar-refractivity contribution is -0.123. The van der Waals surface area contributed by atoms with E-state index in [2.05, 4.69) is 40.5 Å². The summed E-state index contributed by atoms with van der Waals surface area (Å²) in [6.07, 6.45) is 9.24. The van der Waals surface area contributed by atoms with Gasteiger partial charge >= 0.3 is 0 Å². The van der Waals surface area contributed by atoms with Gasteiger partial charge in [-0.25, -0.2) is 0 Å². The van der Waals surface area contributed by atoms with Crippen LogP contribution in [0.4, 0.5) is 0 Å². The number of aryl methyl sites for hydroxylation is 1. The highest BCUT2D eigenvalue weighted by atomic mass is 16.3. The molecule has 194 valence electrons.